The van der Waals surface area contributed by atoms with Gasteiger partial charge in [0.2, 0.25) is 5.91 Å². The van der Waals surface area contributed by atoms with Gasteiger partial charge in [-0.2, -0.15) is 0 Å². The van der Waals surface area contributed by atoms with Crippen molar-refractivity contribution >= 4 is 23.8 Å². The second kappa shape index (κ2) is 11.9. The van der Waals surface area contributed by atoms with Crippen LogP contribution in [0.1, 0.15) is 50.8 Å². The highest BCUT2D eigenvalue weighted by Crippen LogP contribution is 2.21. The molecule has 3 amide bonds. The summed E-state index contributed by atoms with van der Waals surface area (Å²) < 4.78 is 5.54. The van der Waals surface area contributed by atoms with E-state index < -0.39 is 29.9 Å². The minimum atomic E-state index is -1.09. The summed E-state index contributed by atoms with van der Waals surface area (Å²) in [5, 5.41) is 22.7. The number of hydrogen-bond donors (Lipinski definition) is 3. The summed E-state index contributed by atoms with van der Waals surface area (Å²) in [7, 11) is 0. The molecule has 9 nitrogen and oxygen atoms in total. The topological polar surface area (TPSA) is 119 Å². The molecule has 0 radical (unpaired) electrons. The van der Waals surface area contributed by atoms with Gasteiger partial charge in [0, 0.05) is 18.8 Å². The number of likely N-dealkylation sites (tertiary alicyclic amines) is 1. The quantitative estimate of drug-likeness (QED) is 0.501. The van der Waals surface area contributed by atoms with E-state index in [1.807, 2.05) is 42.5 Å². The second-order valence-corrected chi connectivity index (χ2v) is 9.92. The van der Waals surface area contributed by atoms with Crippen molar-refractivity contribution in [3.8, 4) is 0 Å². The van der Waals surface area contributed by atoms with E-state index in [-0.39, 0.29) is 12.5 Å². The van der Waals surface area contributed by atoms with Crippen LogP contribution in [0.15, 0.2) is 54.6 Å². The van der Waals surface area contributed by atoms with Crippen LogP contribution in [0.2, 0.25) is 0 Å². The van der Waals surface area contributed by atoms with E-state index in [1.54, 1.807) is 32.9 Å². The van der Waals surface area contributed by atoms with Gasteiger partial charge in [0.05, 0.1) is 12.6 Å². The highest BCUT2D eigenvalue weighted by atomic mass is 16.6. The Labute approximate surface area is 211 Å². The summed E-state index contributed by atoms with van der Waals surface area (Å²) in [4.78, 5) is 39.3. The van der Waals surface area contributed by atoms with Gasteiger partial charge in [-0.1, -0.05) is 42.5 Å². The zero-order valence-electron chi connectivity index (χ0n) is 21.0. The van der Waals surface area contributed by atoms with Crippen LogP contribution < -0.4 is 5.32 Å². The lowest BCUT2D eigenvalue weighted by Gasteiger charge is -2.29. The molecule has 2 aromatic rings. The fourth-order valence-corrected chi connectivity index (χ4v) is 4.09. The molecule has 9 heteroatoms. The molecule has 36 heavy (non-hydrogen) atoms. The maximum Gasteiger partial charge on any atom is 0.410 e. The fourth-order valence-electron chi connectivity index (χ4n) is 4.09. The molecule has 0 spiro atoms. The number of carbonyl (C=O) groups excluding carboxylic acids is 2. The zero-order chi connectivity index (χ0) is 26.3. The van der Waals surface area contributed by atoms with Gasteiger partial charge in [0.15, 0.2) is 0 Å². The zero-order valence-corrected chi connectivity index (χ0v) is 21.0. The number of hydrogen-bond acceptors (Lipinski definition) is 5. The number of aliphatic hydroxyl groups is 1. The predicted molar refractivity (Wildman–Crippen MR) is 136 cm³/mol. The lowest BCUT2D eigenvalue weighted by atomic mass is 10.1. The summed E-state index contributed by atoms with van der Waals surface area (Å²) in [6.07, 6.45) is -0.750. The number of nitrogens with one attached hydrogen (secondary N) is 1. The van der Waals surface area contributed by atoms with Crippen LogP contribution in [0, 0.1) is 0 Å². The van der Waals surface area contributed by atoms with Crippen molar-refractivity contribution in [1.82, 2.24) is 9.80 Å². The molecule has 0 bridgehead atoms. The summed E-state index contributed by atoms with van der Waals surface area (Å²) in [6, 6.07) is 15.7. The molecule has 194 valence electrons. The van der Waals surface area contributed by atoms with Crippen LogP contribution in [0.3, 0.4) is 0 Å². The lowest BCUT2D eigenvalue weighted by Crippen LogP contribution is -2.42. The maximum absolute atomic E-state index is 12.8. The average Bonchev–Trinajstić information content (AvgIpc) is 3.33. The molecular formula is C27H35N3O6. The molecule has 1 heterocycles. The molecular weight excluding hydrogens is 462 g/mol. The third-order valence-electron chi connectivity index (χ3n) is 5.92. The van der Waals surface area contributed by atoms with Crippen molar-refractivity contribution in [2.24, 2.45) is 0 Å². The number of carboxylic acid groups (broad SMARTS) is 1. The predicted octanol–water partition coefficient (Wildman–Crippen LogP) is 4.28. The van der Waals surface area contributed by atoms with Gasteiger partial charge in [-0.3, -0.25) is 9.69 Å². The second-order valence-electron chi connectivity index (χ2n) is 9.92. The molecule has 2 atom stereocenters. The van der Waals surface area contributed by atoms with Crippen molar-refractivity contribution in [3.05, 3.63) is 65.7 Å². The minimum absolute atomic E-state index is 0.0918. The van der Waals surface area contributed by atoms with Crippen molar-refractivity contribution in [2.45, 2.75) is 57.8 Å². The Hall–Kier alpha value is -3.59. The van der Waals surface area contributed by atoms with Crippen molar-refractivity contribution in [3.63, 3.8) is 0 Å². The Morgan fingerprint density at radius 3 is 2.39 bits per heavy atom. The maximum atomic E-state index is 12.8. The van der Waals surface area contributed by atoms with Crippen LogP contribution in [0.4, 0.5) is 15.3 Å². The van der Waals surface area contributed by atoms with Crippen molar-refractivity contribution in [2.75, 3.05) is 25.0 Å². The SMILES string of the molecule is CC(C)(C)OC(=O)N(CCc1ccc(NC(=O)[C@@H]2CCCN2C(=O)O)cc1)C[C@H](O)c1ccccc1. The van der Waals surface area contributed by atoms with E-state index in [0.29, 0.717) is 38.0 Å². The molecule has 1 saturated heterocycles. The Bertz CT molecular complexity index is 1040. The van der Waals surface area contributed by atoms with Gasteiger partial charge in [-0.25, -0.2) is 9.59 Å². The van der Waals surface area contributed by atoms with Gasteiger partial charge < -0.3 is 25.2 Å². The van der Waals surface area contributed by atoms with Gasteiger partial charge >= 0.3 is 12.2 Å². The number of carbonyl (C=O) groups is 3. The molecule has 1 aliphatic rings. The Morgan fingerprint density at radius 1 is 1.11 bits per heavy atom. The fraction of sp³-hybridized carbons (Fsp3) is 0.444. The van der Waals surface area contributed by atoms with Crippen LogP contribution in [0.25, 0.3) is 0 Å². The van der Waals surface area contributed by atoms with Crippen molar-refractivity contribution in [1.29, 1.82) is 0 Å². The van der Waals surface area contributed by atoms with Crippen LogP contribution in [-0.2, 0) is 16.0 Å². The number of anilines is 1. The number of benzene rings is 2. The first-order chi connectivity index (χ1) is 17.0. The highest BCUT2D eigenvalue weighted by Gasteiger charge is 2.34. The smallest absolute Gasteiger partial charge is 0.410 e. The van der Waals surface area contributed by atoms with E-state index in [1.165, 1.54) is 9.80 Å². The molecule has 1 fully saturated rings. The molecule has 1 aliphatic heterocycles. The highest BCUT2D eigenvalue weighted by molar-refractivity contribution is 5.96. The molecule has 0 aromatic heterocycles. The summed E-state index contributed by atoms with van der Waals surface area (Å²) in [6.45, 7) is 6.18. The summed E-state index contributed by atoms with van der Waals surface area (Å²) >= 11 is 0. The molecule has 0 aliphatic carbocycles. The summed E-state index contributed by atoms with van der Waals surface area (Å²) in [5.41, 5.74) is 1.56. The number of aliphatic hydroxyl groups excluding tert-OH is 1. The van der Waals surface area contributed by atoms with E-state index >= 15 is 0 Å². The standard InChI is InChI=1S/C27H35N3O6/c1-27(2,3)36-26(35)29(18-23(31)20-8-5-4-6-9-20)17-15-19-11-13-21(14-12-19)28-24(32)22-10-7-16-30(22)25(33)34/h4-6,8-9,11-14,22-23,31H,7,10,15-18H2,1-3H3,(H,28,32)(H,33,34)/t22-,23-/m0/s1. The monoisotopic (exact) mass is 497 g/mol. The number of rotatable bonds is 8. The Balaban J connectivity index is 1.61. The molecule has 0 unspecified atom stereocenters. The first-order valence-electron chi connectivity index (χ1n) is 12.1. The van der Waals surface area contributed by atoms with E-state index in [0.717, 1.165) is 11.1 Å². The van der Waals surface area contributed by atoms with E-state index in [4.69, 9.17) is 4.74 Å². The van der Waals surface area contributed by atoms with Crippen LogP contribution in [-0.4, -0.2) is 69.4 Å². The first-order valence-corrected chi connectivity index (χ1v) is 12.1. The summed E-state index contributed by atoms with van der Waals surface area (Å²) in [5.74, 6) is -0.339. The normalized spacial score (nSPS) is 16.3. The number of ether oxygens (including phenoxy) is 1. The molecule has 3 rings (SSSR count). The lowest BCUT2D eigenvalue weighted by molar-refractivity contribution is -0.119. The molecule has 3 N–H and O–H groups in total. The largest absolute Gasteiger partial charge is 0.465 e. The number of nitrogens with zero attached hydrogens (tertiary/aromatic N) is 2. The van der Waals surface area contributed by atoms with Crippen LogP contribution >= 0.6 is 0 Å². The van der Waals surface area contributed by atoms with Gasteiger partial charge in [0.25, 0.3) is 0 Å². The van der Waals surface area contributed by atoms with Crippen LogP contribution in [0.5, 0.6) is 0 Å². The van der Waals surface area contributed by atoms with Gasteiger partial charge in [-0.15, -0.1) is 0 Å². The van der Waals surface area contributed by atoms with Gasteiger partial charge in [0.1, 0.15) is 11.6 Å². The number of amides is 3. The minimum Gasteiger partial charge on any atom is -0.465 e. The third kappa shape index (κ3) is 7.71. The third-order valence-corrected chi connectivity index (χ3v) is 5.92. The molecule has 2 aromatic carbocycles. The average molecular weight is 498 g/mol. The van der Waals surface area contributed by atoms with Crippen molar-refractivity contribution < 1.29 is 29.3 Å². The van der Waals surface area contributed by atoms with E-state index in [2.05, 4.69) is 5.32 Å². The molecule has 0 saturated carbocycles. The Kier molecular flexibility index (Phi) is 8.93. The first kappa shape index (κ1) is 27.0. The van der Waals surface area contributed by atoms with Gasteiger partial charge in [-0.05, 0) is 63.3 Å². The Morgan fingerprint density at radius 2 is 1.78 bits per heavy atom. The van der Waals surface area contributed by atoms with E-state index in [9.17, 15) is 24.6 Å².